The molecule has 2 aromatic rings. The third kappa shape index (κ3) is 3.48. The Balaban J connectivity index is 2.76. The molecule has 0 saturated heterocycles. The van der Waals surface area contributed by atoms with E-state index in [2.05, 4.69) is 38.8 Å². The van der Waals surface area contributed by atoms with Gasteiger partial charge in [0.25, 0.3) is 0 Å². The van der Waals surface area contributed by atoms with Crippen LogP contribution in [-0.4, -0.2) is 49.0 Å². The fraction of sp³-hybridized carbons (Fsp3) is 0.562. The van der Waals surface area contributed by atoms with Gasteiger partial charge in [0.2, 0.25) is 0 Å². The molecule has 25 heavy (non-hydrogen) atoms. The van der Waals surface area contributed by atoms with Crippen LogP contribution in [0, 0.1) is 0 Å². The summed E-state index contributed by atoms with van der Waals surface area (Å²) in [5.41, 5.74) is 0.843. The van der Waals surface area contributed by atoms with Gasteiger partial charge >= 0.3 is 10.2 Å². The summed E-state index contributed by atoms with van der Waals surface area (Å²) in [6.07, 6.45) is 0.474. The lowest BCUT2D eigenvalue weighted by molar-refractivity contribution is 0.218. The topological polar surface area (TPSA) is 75.4 Å². The molecule has 0 saturated carbocycles. The van der Waals surface area contributed by atoms with E-state index >= 15 is 0 Å². The second-order valence-corrected chi connectivity index (χ2v) is 16.0. The van der Waals surface area contributed by atoms with E-state index in [9.17, 15) is 13.5 Å². The van der Waals surface area contributed by atoms with Gasteiger partial charge in [-0.05, 0) is 16.5 Å². The maximum atomic E-state index is 13.0. The van der Waals surface area contributed by atoms with E-state index in [1.54, 1.807) is 6.07 Å². The first-order chi connectivity index (χ1) is 11.3. The monoisotopic (exact) mass is 401 g/mol. The van der Waals surface area contributed by atoms with Gasteiger partial charge in [0.15, 0.2) is 0 Å². The third-order valence-electron chi connectivity index (χ3n) is 4.96. The molecule has 0 amide bonds. The molecule has 1 unspecified atom stereocenters. The number of aliphatic hydroxyl groups excluding tert-OH is 1. The van der Waals surface area contributed by atoms with Crippen LogP contribution in [-0.2, 0) is 10.2 Å². The summed E-state index contributed by atoms with van der Waals surface area (Å²) in [4.78, 5) is 5.19. The van der Waals surface area contributed by atoms with Gasteiger partial charge in [-0.25, -0.2) is 8.96 Å². The van der Waals surface area contributed by atoms with Crippen molar-refractivity contribution in [1.29, 1.82) is 0 Å². The highest BCUT2D eigenvalue weighted by Gasteiger charge is 2.44. The predicted molar refractivity (Wildman–Crippen MR) is 105 cm³/mol. The van der Waals surface area contributed by atoms with E-state index in [4.69, 9.17) is 0 Å². The second-order valence-electron chi connectivity index (χ2n) is 7.85. The molecule has 0 radical (unpaired) electrons. The predicted octanol–water partition coefficient (Wildman–Crippen LogP) is 2.40. The number of hydrogen-bond acceptors (Lipinski definition) is 5. The SMILES string of the molecule is CN(C)S(=O)(=O)n1c(C(O)c2cccs2)cnc1[Si](C)(C)C(C)(C)C. The summed E-state index contributed by atoms with van der Waals surface area (Å²) in [6.45, 7) is 10.5. The Kier molecular flexibility index (Phi) is 5.38. The van der Waals surface area contributed by atoms with Crippen LogP contribution in [0.5, 0.6) is 0 Å². The van der Waals surface area contributed by atoms with Crippen LogP contribution in [0.15, 0.2) is 23.7 Å². The van der Waals surface area contributed by atoms with Gasteiger partial charge in [-0.2, -0.15) is 12.7 Å². The van der Waals surface area contributed by atoms with Crippen molar-refractivity contribution in [2.45, 2.75) is 45.0 Å². The highest BCUT2D eigenvalue weighted by molar-refractivity contribution is 7.87. The largest absolute Gasteiger partial charge is 0.381 e. The number of nitrogens with zero attached hydrogens (tertiary/aromatic N) is 3. The van der Waals surface area contributed by atoms with Gasteiger partial charge in [-0.15, -0.1) is 11.3 Å². The van der Waals surface area contributed by atoms with Crippen molar-refractivity contribution in [3.63, 3.8) is 0 Å². The van der Waals surface area contributed by atoms with Crippen LogP contribution in [0.4, 0.5) is 0 Å². The Morgan fingerprint density at radius 2 is 1.92 bits per heavy atom. The quantitative estimate of drug-likeness (QED) is 0.781. The Morgan fingerprint density at radius 3 is 2.36 bits per heavy atom. The van der Waals surface area contributed by atoms with E-state index in [0.717, 1.165) is 4.31 Å². The summed E-state index contributed by atoms with van der Waals surface area (Å²) >= 11 is 1.39. The summed E-state index contributed by atoms with van der Waals surface area (Å²) in [5.74, 6) is 0. The van der Waals surface area contributed by atoms with Gasteiger partial charge in [-0.1, -0.05) is 39.9 Å². The van der Waals surface area contributed by atoms with Crippen LogP contribution >= 0.6 is 11.3 Å². The zero-order valence-electron chi connectivity index (χ0n) is 15.8. The lowest BCUT2D eigenvalue weighted by Gasteiger charge is -2.36. The van der Waals surface area contributed by atoms with E-state index in [0.29, 0.717) is 10.3 Å². The number of imidazole rings is 1. The summed E-state index contributed by atoms with van der Waals surface area (Å²) in [6, 6.07) is 3.63. The van der Waals surface area contributed by atoms with Crippen molar-refractivity contribution in [2.24, 2.45) is 0 Å². The molecule has 6 nitrogen and oxygen atoms in total. The standard InChI is InChI=1S/C16H27N3O3S2Si/c1-16(2,3)25(6,7)15-17-11-12(14(20)13-9-8-10-23-13)19(15)24(21,22)18(4)5/h8-11,14,20H,1-7H3. The van der Waals surface area contributed by atoms with Crippen molar-refractivity contribution >= 4 is 35.1 Å². The lowest BCUT2D eigenvalue weighted by Crippen LogP contribution is -2.56. The highest BCUT2D eigenvalue weighted by Crippen LogP contribution is 2.36. The molecule has 1 N–H and O–H groups in total. The van der Waals surface area contributed by atoms with Gasteiger partial charge < -0.3 is 5.11 Å². The van der Waals surface area contributed by atoms with Gasteiger partial charge in [0.1, 0.15) is 19.6 Å². The Morgan fingerprint density at radius 1 is 1.32 bits per heavy atom. The number of rotatable bonds is 5. The first-order valence-electron chi connectivity index (χ1n) is 8.04. The molecule has 2 aromatic heterocycles. The minimum absolute atomic E-state index is 0.0942. The second kappa shape index (κ2) is 6.62. The molecule has 0 bridgehead atoms. The Labute approximate surface area is 155 Å². The molecular weight excluding hydrogens is 374 g/mol. The number of aliphatic hydroxyl groups is 1. The van der Waals surface area contributed by atoms with Gasteiger partial charge in [-0.3, -0.25) is 0 Å². The zero-order chi connectivity index (χ0) is 19.2. The van der Waals surface area contributed by atoms with Crippen LogP contribution in [0.25, 0.3) is 0 Å². The molecule has 0 spiro atoms. The van der Waals surface area contributed by atoms with Crippen LogP contribution in [0.3, 0.4) is 0 Å². The van der Waals surface area contributed by atoms with E-state index in [1.165, 1.54) is 35.6 Å². The molecule has 2 heterocycles. The van der Waals surface area contributed by atoms with E-state index in [-0.39, 0.29) is 10.7 Å². The molecule has 1 atom stereocenters. The summed E-state index contributed by atoms with van der Waals surface area (Å²) in [5, 5.41) is 12.5. The fourth-order valence-electron chi connectivity index (χ4n) is 2.29. The average molecular weight is 402 g/mol. The summed E-state index contributed by atoms with van der Waals surface area (Å²) in [7, 11) is -3.08. The normalized spacial score (nSPS) is 14.9. The van der Waals surface area contributed by atoms with Crippen molar-refractivity contribution in [1.82, 2.24) is 13.3 Å². The molecule has 140 valence electrons. The molecular formula is C16H27N3O3S2Si. The lowest BCUT2D eigenvalue weighted by atomic mass is 10.2. The van der Waals surface area contributed by atoms with E-state index < -0.39 is 24.4 Å². The zero-order valence-corrected chi connectivity index (χ0v) is 18.4. The maximum absolute atomic E-state index is 13.0. The van der Waals surface area contributed by atoms with Crippen molar-refractivity contribution in [3.05, 3.63) is 34.3 Å². The molecule has 2 rings (SSSR count). The molecule has 0 aromatic carbocycles. The van der Waals surface area contributed by atoms with Crippen molar-refractivity contribution < 1.29 is 13.5 Å². The number of aromatic nitrogens is 2. The van der Waals surface area contributed by atoms with Crippen molar-refractivity contribution in [2.75, 3.05) is 14.1 Å². The minimum atomic E-state index is -3.81. The van der Waals surface area contributed by atoms with Crippen LogP contribution in [0.1, 0.15) is 37.4 Å². The Hall–Kier alpha value is -1.00. The van der Waals surface area contributed by atoms with Crippen molar-refractivity contribution in [3.8, 4) is 0 Å². The maximum Gasteiger partial charge on any atom is 0.308 e. The average Bonchev–Trinajstić information content (AvgIpc) is 3.15. The van der Waals surface area contributed by atoms with E-state index in [1.807, 2.05) is 11.4 Å². The first-order valence-corrected chi connectivity index (χ1v) is 13.3. The first kappa shape index (κ1) is 20.3. The molecule has 0 aliphatic heterocycles. The fourth-order valence-corrected chi connectivity index (χ4v) is 6.74. The molecule has 0 fully saturated rings. The van der Waals surface area contributed by atoms with Crippen LogP contribution < -0.4 is 5.45 Å². The van der Waals surface area contributed by atoms with Gasteiger partial charge in [0, 0.05) is 19.0 Å². The summed E-state index contributed by atoms with van der Waals surface area (Å²) < 4.78 is 28.5. The molecule has 0 aliphatic carbocycles. The Bertz CT molecular complexity index is 835. The smallest absolute Gasteiger partial charge is 0.308 e. The number of hydrogen-bond donors (Lipinski definition) is 1. The number of thiophene rings is 1. The molecule has 9 heteroatoms. The van der Waals surface area contributed by atoms with Gasteiger partial charge in [0.05, 0.1) is 11.9 Å². The molecule has 0 aliphatic rings. The third-order valence-corrected chi connectivity index (χ3v) is 13.0. The minimum Gasteiger partial charge on any atom is -0.381 e. The van der Waals surface area contributed by atoms with Crippen LogP contribution in [0.2, 0.25) is 18.1 Å². The highest BCUT2D eigenvalue weighted by atomic mass is 32.2.